The first-order valence-electron chi connectivity index (χ1n) is 8.93. The van der Waals surface area contributed by atoms with Gasteiger partial charge in [0, 0.05) is 54.7 Å². The van der Waals surface area contributed by atoms with Crippen molar-refractivity contribution in [1.29, 1.82) is 0 Å². The summed E-state index contributed by atoms with van der Waals surface area (Å²) in [7, 11) is 0. The number of nitrogens with one attached hydrogen (secondary N) is 2. The van der Waals surface area contributed by atoms with Crippen LogP contribution in [-0.2, 0) is 17.8 Å². The third-order valence-corrected chi connectivity index (χ3v) is 5.21. The van der Waals surface area contributed by atoms with Gasteiger partial charge in [0.15, 0.2) is 0 Å². The summed E-state index contributed by atoms with van der Waals surface area (Å²) in [5, 5.41) is 4.31. The van der Waals surface area contributed by atoms with Gasteiger partial charge in [-0.1, -0.05) is 18.2 Å². The van der Waals surface area contributed by atoms with Crippen molar-refractivity contribution < 1.29 is 4.79 Å². The van der Waals surface area contributed by atoms with E-state index in [1.807, 2.05) is 18.3 Å². The highest BCUT2D eigenvalue weighted by Gasteiger charge is 2.24. The highest BCUT2D eigenvalue weighted by atomic mass is 16.2. The van der Waals surface area contributed by atoms with Gasteiger partial charge >= 0.3 is 0 Å². The first kappa shape index (κ1) is 16.0. The second-order valence-electron chi connectivity index (χ2n) is 6.73. The Morgan fingerprint density at radius 1 is 1.24 bits per heavy atom. The van der Waals surface area contributed by atoms with Crippen LogP contribution in [-0.4, -0.2) is 40.0 Å². The zero-order chi connectivity index (χ0) is 17.2. The molecular weight excluding hydrogens is 312 g/mol. The molecule has 3 heterocycles. The van der Waals surface area contributed by atoms with Crippen LogP contribution < -0.4 is 5.32 Å². The van der Waals surface area contributed by atoms with Crippen molar-refractivity contribution in [3.8, 4) is 0 Å². The molecular formula is C20H24N4O. The maximum absolute atomic E-state index is 12.3. The van der Waals surface area contributed by atoms with E-state index in [-0.39, 0.29) is 11.9 Å². The predicted octanol–water partition coefficient (Wildman–Crippen LogP) is 2.70. The average molecular weight is 336 g/mol. The lowest BCUT2D eigenvalue weighted by Crippen LogP contribution is -2.43. The minimum absolute atomic E-state index is 0.103. The van der Waals surface area contributed by atoms with E-state index in [9.17, 15) is 4.79 Å². The van der Waals surface area contributed by atoms with Gasteiger partial charge in [-0.15, -0.1) is 0 Å². The molecule has 5 heteroatoms. The predicted molar refractivity (Wildman–Crippen MR) is 99.4 cm³/mol. The Kier molecular flexibility index (Phi) is 4.32. The Morgan fingerprint density at radius 3 is 3.04 bits per heavy atom. The van der Waals surface area contributed by atoms with Crippen molar-refractivity contribution in [2.45, 2.75) is 25.9 Å². The minimum Gasteiger partial charge on any atom is -0.361 e. The number of benzene rings is 1. The first-order chi connectivity index (χ1) is 12.2. The third-order valence-electron chi connectivity index (χ3n) is 5.21. The standard InChI is InChI=1S/C20H24N4O/c1-15-19-7-4-10-23(19)11-12-24(15)14-20(25)21-9-8-16-13-22-18-6-3-2-5-17(16)18/h2-7,10,13,15,22H,8-9,11-12,14H2,1H3,(H,21,25). The van der Waals surface area contributed by atoms with E-state index in [4.69, 9.17) is 0 Å². The van der Waals surface area contributed by atoms with Crippen LogP contribution in [0.25, 0.3) is 10.9 Å². The largest absolute Gasteiger partial charge is 0.361 e. The van der Waals surface area contributed by atoms with Gasteiger partial charge < -0.3 is 14.9 Å². The molecule has 2 N–H and O–H groups in total. The molecule has 0 radical (unpaired) electrons. The van der Waals surface area contributed by atoms with Gasteiger partial charge in [0.25, 0.3) is 0 Å². The van der Waals surface area contributed by atoms with Gasteiger partial charge in [-0.05, 0) is 37.1 Å². The summed E-state index contributed by atoms with van der Waals surface area (Å²) in [5.41, 5.74) is 3.69. The zero-order valence-corrected chi connectivity index (χ0v) is 14.5. The van der Waals surface area contributed by atoms with Crippen molar-refractivity contribution in [3.05, 3.63) is 60.0 Å². The molecule has 2 aromatic heterocycles. The van der Waals surface area contributed by atoms with Gasteiger partial charge in [-0.2, -0.15) is 0 Å². The molecule has 1 unspecified atom stereocenters. The number of hydrogen-bond donors (Lipinski definition) is 2. The summed E-state index contributed by atoms with van der Waals surface area (Å²) in [6, 6.07) is 12.8. The van der Waals surface area contributed by atoms with Crippen molar-refractivity contribution in [1.82, 2.24) is 19.8 Å². The molecule has 0 spiro atoms. The molecule has 0 bridgehead atoms. The van der Waals surface area contributed by atoms with Gasteiger partial charge in [-0.3, -0.25) is 9.69 Å². The maximum Gasteiger partial charge on any atom is 0.234 e. The fourth-order valence-electron chi connectivity index (χ4n) is 3.76. The van der Waals surface area contributed by atoms with Crippen molar-refractivity contribution in [2.75, 3.05) is 19.6 Å². The van der Waals surface area contributed by atoms with Gasteiger partial charge in [-0.25, -0.2) is 0 Å². The van der Waals surface area contributed by atoms with Crippen LogP contribution in [0.3, 0.4) is 0 Å². The van der Waals surface area contributed by atoms with Crippen LogP contribution in [0, 0.1) is 0 Å². The van der Waals surface area contributed by atoms with Crippen molar-refractivity contribution in [3.63, 3.8) is 0 Å². The Morgan fingerprint density at radius 2 is 2.12 bits per heavy atom. The fraction of sp³-hybridized carbons (Fsp3) is 0.350. The summed E-state index contributed by atoms with van der Waals surface area (Å²) >= 11 is 0. The van der Waals surface area contributed by atoms with Gasteiger partial charge in [0.1, 0.15) is 0 Å². The number of fused-ring (bicyclic) bond motifs is 2. The number of para-hydroxylation sites is 1. The number of rotatable bonds is 5. The molecule has 0 aliphatic carbocycles. The number of nitrogens with zero attached hydrogens (tertiary/aromatic N) is 2. The minimum atomic E-state index is 0.103. The zero-order valence-electron chi connectivity index (χ0n) is 14.5. The second-order valence-corrected chi connectivity index (χ2v) is 6.73. The SMILES string of the molecule is CC1c2cccn2CCN1CC(=O)NCCc1c[nH]c2ccccc12. The summed E-state index contributed by atoms with van der Waals surface area (Å²) in [6.45, 7) is 5.16. The molecule has 0 fully saturated rings. The van der Waals surface area contributed by atoms with E-state index in [1.54, 1.807) is 0 Å². The van der Waals surface area contributed by atoms with E-state index < -0.39 is 0 Å². The Labute approximate surface area is 147 Å². The maximum atomic E-state index is 12.3. The van der Waals surface area contributed by atoms with Crippen LogP contribution in [0.5, 0.6) is 0 Å². The lowest BCUT2D eigenvalue weighted by Gasteiger charge is -2.34. The molecule has 3 aromatic rings. The molecule has 4 rings (SSSR count). The highest BCUT2D eigenvalue weighted by molar-refractivity contribution is 5.83. The van der Waals surface area contributed by atoms with E-state index in [0.717, 1.165) is 25.0 Å². The summed E-state index contributed by atoms with van der Waals surface area (Å²) in [6.07, 6.45) is 5.00. The molecule has 0 saturated carbocycles. The molecule has 1 atom stereocenters. The molecule has 5 nitrogen and oxygen atoms in total. The molecule has 1 aliphatic rings. The van der Waals surface area contributed by atoms with Crippen molar-refractivity contribution in [2.24, 2.45) is 0 Å². The quantitative estimate of drug-likeness (QED) is 0.753. The Bertz CT molecular complexity index is 879. The van der Waals surface area contributed by atoms with E-state index in [0.29, 0.717) is 13.1 Å². The smallest absolute Gasteiger partial charge is 0.234 e. The van der Waals surface area contributed by atoms with Crippen LogP contribution in [0.1, 0.15) is 24.2 Å². The monoisotopic (exact) mass is 336 g/mol. The highest BCUT2D eigenvalue weighted by Crippen LogP contribution is 2.24. The molecule has 130 valence electrons. The summed E-state index contributed by atoms with van der Waals surface area (Å²) < 4.78 is 2.27. The lowest BCUT2D eigenvalue weighted by atomic mass is 10.1. The Balaban J connectivity index is 1.30. The normalized spacial score (nSPS) is 17.6. The lowest BCUT2D eigenvalue weighted by molar-refractivity contribution is -0.123. The first-order valence-corrected chi connectivity index (χ1v) is 8.93. The number of aromatic amines is 1. The van der Waals surface area contributed by atoms with E-state index >= 15 is 0 Å². The van der Waals surface area contributed by atoms with E-state index in [2.05, 4.69) is 57.2 Å². The molecule has 1 aliphatic heterocycles. The Hall–Kier alpha value is -2.53. The van der Waals surface area contributed by atoms with Gasteiger partial charge in [0.05, 0.1) is 6.54 Å². The second kappa shape index (κ2) is 6.76. The summed E-state index contributed by atoms with van der Waals surface area (Å²) in [4.78, 5) is 17.9. The fourth-order valence-corrected chi connectivity index (χ4v) is 3.76. The van der Waals surface area contributed by atoms with Crippen LogP contribution in [0.4, 0.5) is 0 Å². The third kappa shape index (κ3) is 3.20. The molecule has 1 aromatic carbocycles. The number of carbonyl (C=O) groups is 1. The van der Waals surface area contributed by atoms with Gasteiger partial charge in [0.2, 0.25) is 5.91 Å². The molecule has 1 amide bonds. The number of amides is 1. The molecule has 25 heavy (non-hydrogen) atoms. The molecule has 0 saturated heterocycles. The van der Waals surface area contributed by atoms with E-state index in [1.165, 1.54) is 16.6 Å². The van der Waals surface area contributed by atoms with Crippen LogP contribution in [0.2, 0.25) is 0 Å². The number of carbonyl (C=O) groups excluding carboxylic acids is 1. The number of hydrogen-bond acceptors (Lipinski definition) is 2. The number of aromatic nitrogens is 2. The van der Waals surface area contributed by atoms with Crippen molar-refractivity contribution >= 4 is 16.8 Å². The van der Waals surface area contributed by atoms with Crippen LogP contribution >= 0.6 is 0 Å². The summed E-state index contributed by atoms with van der Waals surface area (Å²) in [5.74, 6) is 0.103. The topological polar surface area (TPSA) is 53.1 Å². The number of H-pyrrole nitrogens is 1. The average Bonchev–Trinajstić information content (AvgIpc) is 3.25. The van der Waals surface area contributed by atoms with Crippen LogP contribution in [0.15, 0.2) is 48.8 Å².